The van der Waals surface area contributed by atoms with Crippen molar-refractivity contribution in [2.75, 3.05) is 0 Å². The molecule has 0 saturated heterocycles. The van der Waals surface area contributed by atoms with Crippen LogP contribution in [-0.4, -0.2) is 6.29 Å². The molecule has 1 heteroatoms. The maximum absolute atomic E-state index is 10.7. The summed E-state index contributed by atoms with van der Waals surface area (Å²) in [6.45, 7) is 3.90. The molecule has 0 aromatic heterocycles. The topological polar surface area (TPSA) is 17.1 Å². The highest BCUT2D eigenvalue weighted by Gasteiger charge is 2.20. The van der Waals surface area contributed by atoms with Crippen molar-refractivity contribution < 1.29 is 4.79 Å². The Kier molecular flexibility index (Phi) is 5.22. The van der Waals surface area contributed by atoms with Gasteiger partial charge >= 0.3 is 0 Å². The Labute approximate surface area is 111 Å². The molecule has 0 radical (unpaired) electrons. The van der Waals surface area contributed by atoms with Crippen LogP contribution in [0.2, 0.25) is 0 Å². The first-order valence-corrected chi connectivity index (χ1v) is 7.58. The molecule has 1 nitrogen and oxygen atoms in total. The Morgan fingerprint density at radius 2 is 1.06 bits per heavy atom. The van der Waals surface area contributed by atoms with Crippen molar-refractivity contribution >= 4 is 6.29 Å². The van der Waals surface area contributed by atoms with Gasteiger partial charge in [-0.2, -0.15) is 0 Å². The number of carbonyl (C=O) groups is 1. The van der Waals surface area contributed by atoms with Crippen molar-refractivity contribution in [3.05, 3.63) is 24.8 Å². The monoisotopic (exact) mass is 246 g/mol. The second-order valence-corrected chi connectivity index (χ2v) is 6.11. The third kappa shape index (κ3) is 3.83. The molecule has 18 heavy (non-hydrogen) atoms. The fourth-order valence-electron chi connectivity index (χ4n) is 3.36. The summed E-state index contributed by atoms with van der Waals surface area (Å²) in [5, 5.41) is 0. The molecule has 0 atom stereocenters. The van der Waals surface area contributed by atoms with Crippen molar-refractivity contribution in [3.63, 3.8) is 0 Å². The Hall–Kier alpha value is -0.850. The quantitative estimate of drug-likeness (QED) is 0.525. The van der Waals surface area contributed by atoms with Gasteiger partial charge in [-0.05, 0) is 69.1 Å². The van der Waals surface area contributed by atoms with Crippen LogP contribution in [0.5, 0.6) is 0 Å². The predicted octanol–water partition coefficient (Wildman–Crippen LogP) is 4.54. The summed E-state index contributed by atoms with van der Waals surface area (Å²) in [7, 11) is 0. The van der Waals surface area contributed by atoms with E-state index >= 15 is 0 Å². The third-order valence-electron chi connectivity index (χ3n) is 4.81. The standard InChI is InChI=1S/C17H26O/c1-2-14-3-5-15(6-4-14)7-8-16-9-11-17(13-18)12-10-16/h2,7-8,13-17H,1,3-6,9-12H2/b8-7+. The summed E-state index contributed by atoms with van der Waals surface area (Å²) in [4.78, 5) is 10.7. The van der Waals surface area contributed by atoms with Gasteiger partial charge < -0.3 is 4.79 Å². The maximum Gasteiger partial charge on any atom is 0.123 e. The van der Waals surface area contributed by atoms with Crippen LogP contribution in [0, 0.1) is 23.7 Å². The van der Waals surface area contributed by atoms with Crippen LogP contribution in [0.4, 0.5) is 0 Å². The molecule has 2 rings (SSSR count). The van der Waals surface area contributed by atoms with E-state index < -0.39 is 0 Å². The molecular formula is C17H26O. The summed E-state index contributed by atoms with van der Waals surface area (Å²) in [5.41, 5.74) is 0. The van der Waals surface area contributed by atoms with Crippen molar-refractivity contribution in [1.82, 2.24) is 0 Å². The molecular weight excluding hydrogens is 220 g/mol. The van der Waals surface area contributed by atoms with E-state index in [1.807, 2.05) is 0 Å². The Morgan fingerprint density at radius 3 is 1.44 bits per heavy atom. The van der Waals surface area contributed by atoms with Gasteiger partial charge in [0.05, 0.1) is 0 Å². The van der Waals surface area contributed by atoms with Crippen LogP contribution < -0.4 is 0 Å². The number of hydrogen-bond donors (Lipinski definition) is 0. The molecule has 0 unspecified atom stereocenters. The van der Waals surface area contributed by atoms with E-state index in [-0.39, 0.29) is 0 Å². The summed E-state index contributed by atoms with van der Waals surface area (Å²) in [6, 6.07) is 0. The van der Waals surface area contributed by atoms with Gasteiger partial charge in [0, 0.05) is 5.92 Å². The molecule has 2 aliphatic carbocycles. The average molecular weight is 246 g/mol. The smallest absolute Gasteiger partial charge is 0.123 e. The van der Waals surface area contributed by atoms with E-state index in [1.165, 1.54) is 38.5 Å². The molecule has 2 saturated carbocycles. The summed E-state index contributed by atoms with van der Waals surface area (Å²) in [5.74, 6) is 2.64. The van der Waals surface area contributed by atoms with Crippen LogP contribution in [-0.2, 0) is 4.79 Å². The average Bonchev–Trinajstić information content (AvgIpc) is 2.46. The third-order valence-corrected chi connectivity index (χ3v) is 4.81. The molecule has 0 aromatic rings. The number of hydrogen-bond acceptors (Lipinski definition) is 1. The maximum atomic E-state index is 10.7. The van der Waals surface area contributed by atoms with Crippen LogP contribution >= 0.6 is 0 Å². The first-order valence-electron chi connectivity index (χ1n) is 7.58. The van der Waals surface area contributed by atoms with Gasteiger partial charge in [-0.25, -0.2) is 0 Å². The molecule has 0 heterocycles. The van der Waals surface area contributed by atoms with E-state index in [4.69, 9.17) is 0 Å². The van der Waals surface area contributed by atoms with Gasteiger partial charge in [0.15, 0.2) is 0 Å². The lowest BCUT2D eigenvalue weighted by Crippen LogP contribution is -2.15. The fraction of sp³-hybridized carbons (Fsp3) is 0.706. The highest BCUT2D eigenvalue weighted by molar-refractivity contribution is 5.53. The Morgan fingerprint density at radius 1 is 0.667 bits per heavy atom. The molecule has 0 N–H and O–H groups in total. The second kappa shape index (κ2) is 6.92. The van der Waals surface area contributed by atoms with Crippen LogP contribution in [0.1, 0.15) is 51.4 Å². The van der Waals surface area contributed by atoms with E-state index in [2.05, 4.69) is 24.8 Å². The van der Waals surface area contributed by atoms with Gasteiger partial charge in [-0.3, -0.25) is 0 Å². The van der Waals surface area contributed by atoms with Gasteiger partial charge in [-0.15, -0.1) is 6.58 Å². The summed E-state index contributed by atoms with van der Waals surface area (Å²) in [6.07, 6.45) is 18.1. The molecule has 2 aliphatic rings. The molecule has 100 valence electrons. The lowest BCUT2D eigenvalue weighted by molar-refractivity contribution is -0.112. The minimum absolute atomic E-state index is 0.345. The first kappa shape index (κ1) is 13.6. The van der Waals surface area contributed by atoms with Gasteiger partial charge in [-0.1, -0.05) is 18.2 Å². The SMILES string of the molecule is C=CC1CCC(/C=C/C2CCC(C=O)CC2)CC1. The largest absolute Gasteiger partial charge is 0.303 e. The Bertz CT molecular complexity index is 259. The highest BCUT2D eigenvalue weighted by Crippen LogP contribution is 2.32. The molecule has 0 amide bonds. The normalized spacial score (nSPS) is 37.6. The van der Waals surface area contributed by atoms with Gasteiger partial charge in [0.1, 0.15) is 6.29 Å². The lowest BCUT2D eigenvalue weighted by Gasteiger charge is -2.26. The number of allylic oxidation sites excluding steroid dienone is 3. The molecule has 0 bridgehead atoms. The molecule has 2 fully saturated rings. The molecule has 0 aliphatic heterocycles. The summed E-state index contributed by atoms with van der Waals surface area (Å²) >= 11 is 0. The predicted molar refractivity (Wildman–Crippen MR) is 76.3 cm³/mol. The van der Waals surface area contributed by atoms with Crippen LogP contribution in [0.3, 0.4) is 0 Å². The number of carbonyl (C=O) groups excluding carboxylic acids is 1. The van der Waals surface area contributed by atoms with E-state index in [1.54, 1.807) is 0 Å². The highest BCUT2D eigenvalue weighted by atomic mass is 16.1. The fourth-order valence-corrected chi connectivity index (χ4v) is 3.36. The van der Waals surface area contributed by atoms with E-state index in [0.29, 0.717) is 5.92 Å². The van der Waals surface area contributed by atoms with Gasteiger partial charge in [0.2, 0.25) is 0 Å². The second-order valence-electron chi connectivity index (χ2n) is 6.11. The van der Waals surface area contributed by atoms with E-state index in [9.17, 15) is 4.79 Å². The zero-order valence-corrected chi connectivity index (χ0v) is 11.4. The molecule has 0 spiro atoms. The van der Waals surface area contributed by atoms with Gasteiger partial charge in [0.25, 0.3) is 0 Å². The van der Waals surface area contributed by atoms with E-state index in [0.717, 1.165) is 36.9 Å². The minimum atomic E-state index is 0.345. The van der Waals surface area contributed by atoms with Crippen molar-refractivity contribution in [3.8, 4) is 0 Å². The Balaban J connectivity index is 1.71. The lowest BCUT2D eigenvalue weighted by atomic mass is 9.79. The van der Waals surface area contributed by atoms with Crippen molar-refractivity contribution in [2.24, 2.45) is 23.7 Å². The molecule has 0 aromatic carbocycles. The summed E-state index contributed by atoms with van der Waals surface area (Å²) < 4.78 is 0. The number of rotatable bonds is 4. The zero-order chi connectivity index (χ0) is 12.8. The minimum Gasteiger partial charge on any atom is -0.303 e. The zero-order valence-electron chi connectivity index (χ0n) is 11.4. The first-order chi connectivity index (χ1) is 8.81. The van der Waals surface area contributed by atoms with Crippen LogP contribution in [0.15, 0.2) is 24.8 Å². The van der Waals surface area contributed by atoms with Crippen molar-refractivity contribution in [1.29, 1.82) is 0 Å². The van der Waals surface area contributed by atoms with Crippen LogP contribution in [0.25, 0.3) is 0 Å². The van der Waals surface area contributed by atoms with Crippen molar-refractivity contribution in [2.45, 2.75) is 51.4 Å². The number of aldehydes is 1.